The van der Waals surface area contributed by atoms with Crippen molar-refractivity contribution in [3.05, 3.63) is 35.9 Å². The summed E-state index contributed by atoms with van der Waals surface area (Å²) in [5.74, 6) is 0. The molecule has 1 aromatic carbocycles. The Morgan fingerprint density at radius 3 is 2.76 bits per heavy atom. The van der Waals surface area contributed by atoms with Gasteiger partial charge in [0, 0.05) is 37.8 Å². The molecule has 116 valence electrons. The summed E-state index contributed by atoms with van der Waals surface area (Å²) in [4.78, 5) is 2.63. The molecule has 2 fully saturated rings. The van der Waals surface area contributed by atoms with E-state index in [2.05, 4.69) is 54.4 Å². The van der Waals surface area contributed by atoms with Crippen molar-refractivity contribution in [2.24, 2.45) is 0 Å². The third-order valence-electron chi connectivity index (χ3n) is 4.71. The highest BCUT2D eigenvalue weighted by Gasteiger charge is 2.34. The molecule has 2 atom stereocenters. The van der Waals surface area contributed by atoms with E-state index in [9.17, 15) is 0 Å². The fourth-order valence-corrected chi connectivity index (χ4v) is 3.58. The molecule has 3 rings (SSSR count). The molecule has 2 unspecified atom stereocenters. The first-order valence-corrected chi connectivity index (χ1v) is 8.30. The van der Waals surface area contributed by atoms with E-state index in [1.54, 1.807) is 0 Å². The van der Waals surface area contributed by atoms with Crippen molar-refractivity contribution in [1.29, 1.82) is 0 Å². The first-order chi connectivity index (χ1) is 10.1. The summed E-state index contributed by atoms with van der Waals surface area (Å²) >= 11 is 0. The number of ether oxygens (including phenoxy) is 1. The van der Waals surface area contributed by atoms with Gasteiger partial charge in [-0.3, -0.25) is 4.90 Å². The van der Waals surface area contributed by atoms with Gasteiger partial charge in [-0.2, -0.15) is 0 Å². The van der Waals surface area contributed by atoms with E-state index in [0.29, 0.717) is 12.1 Å². The average Bonchev–Trinajstić information content (AvgIpc) is 2.48. The van der Waals surface area contributed by atoms with Gasteiger partial charge in [0.15, 0.2) is 0 Å². The molecule has 1 N–H and O–H groups in total. The summed E-state index contributed by atoms with van der Waals surface area (Å²) in [6.07, 6.45) is 4.17. The quantitative estimate of drug-likeness (QED) is 0.925. The third kappa shape index (κ3) is 3.85. The van der Waals surface area contributed by atoms with Crippen LogP contribution in [0.2, 0.25) is 0 Å². The van der Waals surface area contributed by atoms with Crippen LogP contribution < -0.4 is 5.32 Å². The Kier molecular flexibility index (Phi) is 4.63. The molecule has 1 aromatic rings. The second-order valence-corrected chi connectivity index (χ2v) is 7.11. The van der Waals surface area contributed by atoms with E-state index in [1.165, 1.54) is 24.8 Å². The first kappa shape index (κ1) is 15.0. The Hall–Kier alpha value is -0.900. The van der Waals surface area contributed by atoms with Crippen LogP contribution >= 0.6 is 0 Å². The maximum absolute atomic E-state index is 5.97. The second-order valence-electron chi connectivity index (χ2n) is 7.11. The number of hydrogen-bond acceptors (Lipinski definition) is 3. The molecule has 0 bridgehead atoms. The average molecular weight is 288 g/mol. The Balaban J connectivity index is 1.73. The largest absolute Gasteiger partial charge is 0.377 e. The van der Waals surface area contributed by atoms with E-state index in [-0.39, 0.29) is 5.54 Å². The SMILES string of the molecule is CC1(C)CN(CC2CCCCO2)C(c2ccccc2)CN1. The van der Waals surface area contributed by atoms with Crippen molar-refractivity contribution in [3.8, 4) is 0 Å². The number of nitrogens with zero attached hydrogens (tertiary/aromatic N) is 1. The van der Waals surface area contributed by atoms with E-state index in [1.807, 2.05) is 0 Å². The Labute approximate surface area is 128 Å². The maximum Gasteiger partial charge on any atom is 0.0702 e. The topological polar surface area (TPSA) is 24.5 Å². The van der Waals surface area contributed by atoms with Crippen LogP contribution in [-0.4, -0.2) is 42.8 Å². The molecule has 0 aliphatic carbocycles. The summed E-state index contributed by atoms with van der Waals surface area (Å²) in [7, 11) is 0. The lowest BCUT2D eigenvalue weighted by molar-refractivity contribution is -0.0272. The van der Waals surface area contributed by atoms with Crippen LogP contribution in [0.5, 0.6) is 0 Å². The third-order valence-corrected chi connectivity index (χ3v) is 4.71. The van der Waals surface area contributed by atoms with Gasteiger partial charge in [0.1, 0.15) is 0 Å². The van der Waals surface area contributed by atoms with E-state index < -0.39 is 0 Å². The molecule has 0 radical (unpaired) electrons. The molecule has 21 heavy (non-hydrogen) atoms. The van der Waals surface area contributed by atoms with Crippen LogP contribution in [0.25, 0.3) is 0 Å². The minimum atomic E-state index is 0.181. The molecule has 0 spiro atoms. The fraction of sp³-hybridized carbons (Fsp3) is 0.667. The first-order valence-electron chi connectivity index (χ1n) is 8.30. The van der Waals surface area contributed by atoms with Crippen molar-refractivity contribution in [2.45, 2.75) is 50.8 Å². The van der Waals surface area contributed by atoms with Gasteiger partial charge in [-0.05, 0) is 38.7 Å². The van der Waals surface area contributed by atoms with Crippen LogP contribution in [-0.2, 0) is 4.74 Å². The van der Waals surface area contributed by atoms with Crippen LogP contribution in [0.3, 0.4) is 0 Å². The highest BCUT2D eigenvalue weighted by atomic mass is 16.5. The van der Waals surface area contributed by atoms with E-state index in [0.717, 1.165) is 26.2 Å². The minimum Gasteiger partial charge on any atom is -0.377 e. The van der Waals surface area contributed by atoms with E-state index >= 15 is 0 Å². The molecule has 0 amide bonds. The molecule has 2 aliphatic rings. The lowest BCUT2D eigenvalue weighted by Gasteiger charge is -2.46. The smallest absolute Gasteiger partial charge is 0.0702 e. The molecule has 2 aliphatic heterocycles. The molecule has 0 aromatic heterocycles. The van der Waals surface area contributed by atoms with Gasteiger partial charge in [-0.25, -0.2) is 0 Å². The summed E-state index contributed by atoms with van der Waals surface area (Å²) in [6, 6.07) is 11.3. The standard InChI is InChI=1S/C18H28N2O/c1-18(2)14-20(13-16-10-6-7-11-21-16)17(12-19-18)15-8-4-3-5-9-15/h3-5,8-9,16-17,19H,6-7,10-14H2,1-2H3. The van der Waals surface area contributed by atoms with Gasteiger partial charge in [0.25, 0.3) is 0 Å². The predicted molar refractivity (Wildman–Crippen MR) is 86.4 cm³/mol. The normalized spacial score (nSPS) is 30.2. The molecule has 2 saturated heterocycles. The number of rotatable bonds is 3. The number of benzene rings is 1. The van der Waals surface area contributed by atoms with Crippen molar-refractivity contribution in [3.63, 3.8) is 0 Å². The van der Waals surface area contributed by atoms with Crippen molar-refractivity contribution >= 4 is 0 Å². The predicted octanol–water partition coefficient (Wildman–Crippen LogP) is 2.98. The van der Waals surface area contributed by atoms with Crippen LogP contribution in [0, 0.1) is 0 Å². The van der Waals surface area contributed by atoms with Gasteiger partial charge in [-0.1, -0.05) is 30.3 Å². The molecule has 0 saturated carbocycles. The summed E-state index contributed by atoms with van der Waals surface area (Å²) in [6.45, 7) is 8.68. The van der Waals surface area contributed by atoms with Crippen molar-refractivity contribution < 1.29 is 4.74 Å². The molecular formula is C18H28N2O. The van der Waals surface area contributed by atoms with Crippen LogP contribution in [0.4, 0.5) is 0 Å². The van der Waals surface area contributed by atoms with Gasteiger partial charge in [-0.15, -0.1) is 0 Å². The maximum atomic E-state index is 5.97. The Morgan fingerprint density at radius 2 is 2.05 bits per heavy atom. The van der Waals surface area contributed by atoms with Gasteiger partial charge < -0.3 is 10.1 Å². The zero-order chi connectivity index (χ0) is 14.7. The number of piperazine rings is 1. The zero-order valence-electron chi connectivity index (χ0n) is 13.3. The Morgan fingerprint density at radius 1 is 1.24 bits per heavy atom. The fourth-order valence-electron chi connectivity index (χ4n) is 3.58. The summed E-state index contributed by atoms with van der Waals surface area (Å²) < 4.78 is 5.97. The van der Waals surface area contributed by atoms with Crippen molar-refractivity contribution in [2.75, 3.05) is 26.2 Å². The van der Waals surface area contributed by atoms with E-state index in [4.69, 9.17) is 4.74 Å². The summed E-state index contributed by atoms with van der Waals surface area (Å²) in [5.41, 5.74) is 1.59. The monoisotopic (exact) mass is 288 g/mol. The lowest BCUT2D eigenvalue weighted by atomic mass is 9.94. The number of nitrogens with one attached hydrogen (secondary N) is 1. The molecular weight excluding hydrogens is 260 g/mol. The minimum absolute atomic E-state index is 0.181. The van der Waals surface area contributed by atoms with Gasteiger partial charge >= 0.3 is 0 Å². The van der Waals surface area contributed by atoms with Crippen molar-refractivity contribution in [1.82, 2.24) is 10.2 Å². The lowest BCUT2D eigenvalue weighted by Crippen LogP contribution is -2.59. The summed E-state index contributed by atoms with van der Waals surface area (Å²) in [5, 5.41) is 3.69. The van der Waals surface area contributed by atoms with Gasteiger partial charge in [0.05, 0.1) is 6.10 Å². The number of hydrogen-bond donors (Lipinski definition) is 1. The van der Waals surface area contributed by atoms with Gasteiger partial charge in [0.2, 0.25) is 0 Å². The van der Waals surface area contributed by atoms with Crippen LogP contribution in [0.1, 0.15) is 44.7 Å². The molecule has 3 heteroatoms. The highest BCUT2D eigenvalue weighted by molar-refractivity contribution is 5.20. The van der Waals surface area contributed by atoms with Crippen LogP contribution in [0.15, 0.2) is 30.3 Å². The molecule has 3 nitrogen and oxygen atoms in total. The highest BCUT2D eigenvalue weighted by Crippen LogP contribution is 2.28. The Bertz CT molecular complexity index is 440. The second kappa shape index (κ2) is 6.47. The zero-order valence-corrected chi connectivity index (χ0v) is 13.3. The molecule has 2 heterocycles.